The van der Waals surface area contributed by atoms with Gasteiger partial charge in [0.1, 0.15) is 12.4 Å². The number of rotatable bonds is 4. The smallest absolute Gasteiger partial charge is 0.335 e. The van der Waals surface area contributed by atoms with Gasteiger partial charge in [0.25, 0.3) is 0 Å². The molecule has 1 aromatic carbocycles. The second kappa shape index (κ2) is 5.44. The number of halogens is 1. The number of benzene rings is 1. The van der Waals surface area contributed by atoms with Crippen LogP contribution in [0.5, 0.6) is 5.75 Å². The van der Waals surface area contributed by atoms with Gasteiger partial charge in [0.15, 0.2) is 0 Å². The molecule has 0 aromatic heterocycles. The van der Waals surface area contributed by atoms with E-state index in [1.54, 1.807) is 12.1 Å². The third-order valence-corrected chi connectivity index (χ3v) is 4.10. The lowest BCUT2D eigenvalue weighted by Gasteiger charge is -2.22. The molecule has 1 aromatic rings. The second-order valence-electron chi connectivity index (χ2n) is 4.67. The van der Waals surface area contributed by atoms with Crippen LogP contribution in [0.25, 0.3) is 0 Å². The minimum absolute atomic E-state index is 0.198. The number of carboxylic acids is 1. The SMILES string of the molecule is O=C(O)c1ccc(I)c(OCC2(O)CCCC2)c1. The van der Waals surface area contributed by atoms with Crippen molar-refractivity contribution in [1.29, 1.82) is 0 Å². The minimum atomic E-state index is -0.976. The summed E-state index contributed by atoms with van der Waals surface area (Å²) < 4.78 is 6.44. The van der Waals surface area contributed by atoms with Gasteiger partial charge >= 0.3 is 5.97 Å². The van der Waals surface area contributed by atoms with E-state index in [1.165, 1.54) is 6.07 Å². The first kappa shape index (κ1) is 13.6. The Hall–Kier alpha value is -0.820. The molecule has 5 heteroatoms. The molecule has 0 atom stereocenters. The van der Waals surface area contributed by atoms with Gasteiger partial charge in [0, 0.05) is 0 Å². The van der Waals surface area contributed by atoms with Crippen molar-refractivity contribution < 1.29 is 19.7 Å². The maximum absolute atomic E-state index is 10.9. The van der Waals surface area contributed by atoms with Gasteiger partial charge in [-0.3, -0.25) is 0 Å². The first-order chi connectivity index (χ1) is 8.50. The molecule has 0 aliphatic heterocycles. The van der Waals surface area contributed by atoms with Crippen molar-refractivity contribution in [2.45, 2.75) is 31.3 Å². The third kappa shape index (κ3) is 3.14. The fourth-order valence-corrected chi connectivity index (χ4v) is 2.63. The number of ether oxygens (including phenoxy) is 1. The molecule has 0 radical (unpaired) electrons. The van der Waals surface area contributed by atoms with Crippen LogP contribution in [0.2, 0.25) is 0 Å². The molecule has 0 spiro atoms. The summed E-state index contributed by atoms with van der Waals surface area (Å²) in [6.45, 7) is 0.228. The average Bonchev–Trinajstić information content (AvgIpc) is 2.75. The van der Waals surface area contributed by atoms with Crippen LogP contribution in [-0.2, 0) is 0 Å². The molecular formula is C13H15IO4. The molecule has 0 amide bonds. The van der Waals surface area contributed by atoms with E-state index in [1.807, 2.05) is 0 Å². The Morgan fingerprint density at radius 2 is 2.06 bits per heavy atom. The Morgan fingerprint density at radius 1 is 1.39 bits per heavy atom. The molecule has 2 N–H and O–H groups in total. The summed E-state index contributed by atoms with van der Waals surface area (Å²) in [5.74, 6) is -0.452. The summed E-state index contributed by atoms with van der Waals surface area (Å²) in [4.78, 5) is 10.9. The average molecular weight is 362 g/mol. The van der Waals surface area contributed by atoms with E-state index in [-0.39, 0.29) is 12.2 Å². The van der Waals surface area contributed by atoms with E-state index in [0.717, 1.165) is 29.3 Å². The lowest BCUT2D eigenvalue weighted by molar-refractivity contribution is 0.00113. The van der Waals surface area contributed by atoms with Gasteiger partial charge in [-0.15, -0.1) is 0 Å². The summed E-state index contributed by atoms with van der Waals surface area (Å²) in [6, 6.07) is 4.75. The molecule has 0 heterocycles. The Bertz CT molecular complexity index is 452. The molecule has 0 unspecified atom stereocenters. The number of aliphatic hydroxyl groups is 1. The zero-order chi connectivity index (χ0) is 13.2. The van der Waals surface area contributed by atoms with E-state index in [0.29, 0.717) is 5.75 Å². The van der Waals surface area contributed by atoms with Gasteiger partial charge in [-0.25, -0.2) is 4.79 Å². The first-order valence-corrected chi connectivity index (χ1v) is 6.96. The van der Waals surface area contributed by atoms with Crippen molar-refractivity contribution in [1.82, 2.24) is 0 Å². The second-order valence-corrected chi connectivity index (χ2v) is 5.83. The number of carbonyl (C=O) groups is 1. The van der Waals surface area contributed by atoms with Crippen LogP contribution in [0.15, 0.2) is 18.2 Å². The van der Waals surface area contributed by atoms with Gasteiger partial charge in [-0.05, 0) is 53.6 Å². The summed E-state index contributed by atoms with van der Waals surface area (Å²) in [6.07, 6.45) is 3.54. The first-order valence-electron chi connectivity index (χ1n) is 5.88. The fourth-order valence-electron chi connectivity index (χ4n) is 2.14. The molecule has 1 saturated carbocycles. The third-order valence-electron chi connectivity index (χ3n) is 3.21. The lowest BCUT2D eigenvalue weighted by Crippen LogP contribution is -2.32. The van der Waals surface area contributed by atoms with E-state index in [9.17, 15) is 9.90 Å². The summed E-state index contributed by atoms with van der Waals surface area (Å²) >= 11 is 2.09. The molecule has 18 heavy (non-hydrogen) atoms. The van der Waals surface area contributed by atoms with Crippen LogP contribution in [-0.4, -0.2) is 28.4 Å². The number of carboxylic acid groups (broad SMARTS) is 1. The van der Waals surface area contributed by atoms with Crippen molar-refractivity contribution in [3.05, 3.63) is 27.3 Å². The van der Waals surface area contributed by atoms with Gasteiger partial charge in [-0.1, -0.05) is 12.8 Å². The largest absolute Gasteiger partial charge is 0.489 e. The van der Waals surface area contributed by atoms with Crippen LogP contribution in [0.3, 0.4) is 0 Å². The summed E-state index contributed by atoms with van der Waals surface area (Å²) in [5, 5.41) is 19.1. The van der Waals surface area contributed by atoms with Gasteiger partial charge in [-0.2, -0.15) is 0 Å². The highest BCUT2D eigenvalue weighted by atomic mass is 127. The van der Waals surface area contributed by atoms with Crippen molar-refractivity contribution in [2.75, 3.05) is 6.61 Å². The molecule has 4 nitrogen and oxygen atoms in total. The van der Waals surface area contributed by atoms with E-state index >= 15 is 0 Å². The maximum Gasteiger partial charge on any atom is 0.335 e. The zero-order valence-electron chi connectivity index (χ0n) is 9.86. The van der Waals surface area contributed by atoms with E-state index in [4.69, 9.17) is 9.84 Å². The normalized spacial score (nSPS) is 17.7. The molecule has 0 bridgehead atoms. The van der Waals surface area contributed by atoms with E-state index in [2.05, 4.69) is 22.6 Å². The Balaban J connectivity index is 2.08. The molecular weight excluding hydrogens is 347 g/mol. The van der Waals surface area contributed by atoms with E-state index < -0.39 is 11.6 Å². The molecule has 1 fully saturated rings. The number of hydrogen-bond donors (Lipinski definition) is 2. The highest BCUT2D eigenvalue weighted by molar-refractivity contribution is 14.1. The Morgan fingerprint density at radius 3 is 2.67 bits per heavy atom. The maximum atomic E-state index is 10.9. The lowest BCUT2D eigenvalue weighted by atomic mass is 10.0. The highest BCUT2D eigenvalue weighted by Gasteiger charge is 2.32. The fraction of sp³-hybridized carbons (Fsp3) is 0.462. The number of hydrogen-bond acceptors (Lipinski definition) is 3. The van der Waals surface area contributed by atoms with Crippen LogP contribution in [0.4, 0.5) is 0 Å². The van der Waals surface area contributed by atoms with Crippen molar-refractivity contribution in [3.63, 3.8) is 0 Å². The quantitative estimate of drug-likeness (QED) is 0.809. The van der Waals surface area contributed by atoms with Gasteiger partial charge < -0.3 is 14.9 Å². The van der Waals surface area contributed by atoms with Crippen molar-refractivity contribution in [2.24, 2.45) is 0 Å². The Labute approximate surface area is 119 Å². The summed E-state index contributed by atoms with van der Waals surface area (Å²) in [5.41, 5.74) is -0.550. The summed E-state index contributed by atoms with van der Waals surface area (Å²) in [7, 11) is 0. The van der Waals surface area contributed by atoms with Crippen molar-refractivity contribution >= 4 is 28.6 Å². The predicted octanol–water partition coefficient (Wildman–Crippen LogP) is 2.67. The van der Waals surface area contributed by atoms with Crippen molar-refractivity contribution in [3.8, 4) is 5.75 Å². The van der Waals surface area contributed by atoms with Gasteiger partial charge in [0.2, 0.25) is 0 Å². The van der Waals surface area contributed by atoms with Crippen LogP contribution in [0, 0.1) is 3.57 Å². The van der Waals surface area contributed by atoms with Gasteiger partial charge in [0.05, 0.1) is 14.7 Å². The predicted molar refractivity (Wildman–Crippen MR) is 75.0 cm³/mol. The molecule has 0 saturated heterocycles. The standard InChI is InChI=1S/C13H15IO4/c14-10-4-3-9(12(15)16)7-11(10)18-8-13(17)5-1-2-6-13/h3-4,7,17H,1-2,5-6,8H2,(H,15,16). The highest BCUT2D eigenvalue weighted by Crippen LogP contribution is 2.31. The minimum Gasteiger partial charge on any atom is -0.489 e. The molecule has 1 aliphatic carbocycles. The monoisotopic (exact) mass is 362 g/mol. The van der Waals surface area contributed by atoms with Crippen LogP contribution >= 0.6 is 22.6 Å². The topological polar surface area (TPSA) is 66.8 Å². The molecule has 2 rings (SSSR count). The Kier molecular flexibility index (Phi) is 4.11. The number of aromatic carboxylic acids is 1. The zero-order valence-corrected chi connectivity index (χ0v) is 12.0. The van der Waals surface area contributed by atoms with Crippen LogP contribution in [0.1, 0.15) is 36.0 Å². The molecule has 1 aliphatic rings. The van der Waals surface area contributed by atoms with Crippen LogP contribution < -0.4 is 4.74 Å². The molecule has 98 valence electrons.